The second-order valence-electron chi connectivity index (χ2n) is 6.26. The minimum atomic E-state index is 0. The zero-order valence-corrected chi connectivity index (χ0v) is 12.7. The van der Waals surface area contributed by atoms with Gasteiger partial charge in [-0.25, -0.2) is 0 Å². The van der Waals surface area contributed by atoms with Crippen molar-refractivity contribution in [2.24, 2.45) is 23.7 Å². The highest BCUT2D eigenvalue weighted by molar-refractivity contribution is 4.84. The molecule has 1 atom stereocenters. The first-order valence-corrected chi connectivity index (χ1v) is 8.29. The molecule has 0 saturated heterocycles. The van der Waals surface area contributed by atoms with Crippen molar-refractivity contribution in [3.63, 3.8) is 0 Å². The summed E-state index contributed by atoms with van der Waals surface area (Å²) in [7, 11) is 0. The van der Waals surface area contributed by atoms with E-state index in [1.54, 1.807) is 25.7 Å². The zero-order valence-electron chi connectivity index (χ0n) is 12.7. The Kier molecular flexibility index (Phi) is 9.87. The lowest BCUT2D eigenvalue weighted by atomic mass is 9.69. The fraction of sp³-hybridized carbons (Fsp3) is 1.00. The molecule has 0 radical (unpaired) electrons. The molecule has 2 aliphatic rings. The third-order valence-corrected chi connectivity index (χ3v) is 4.91. The molecule has 0 amide bonds. The van der Waals surface area contributed by atoms with E-state index in [1.165, 1.54) is 32.1 Å². The first-order chi connectivity index (χ1) is 8.29. The molecular weight excluding hydrogens is 216 g/mol. The summed E-state index contributed by atoms with van der Waals surface area (Å²) in [5, 5.41) is 0. The van der Waals surface area contributed by atoms with Crippen LogP contribution in [0.1, 0.15) is 92.9 Å². The van der Waals surface area contributed by atoms with Crippen molar-refractivity contribution in [3.8, 4) is 0 Å². The molecule has 0 aromatic rings. The van der Waals surface area contributed by atoms with Crippen molar-refractivity contribution in [1.29, 1.82) is 0 Å². The van der Waals surface area contributed by atoms with E-state index in [9.17, 15) is 0 Å². The highest BCUT2D eigenvalue weighted by Gasteiger charge is 2.33. The van der Waals surface area contributed by atoms with Crippen LogP contribution in [0.4, 0.5) is 0 Å². The second-order valence-corrected chi connectivity index (χ2v) is 6.26. The lowest BCUT2D eigenvalue weighted by molar-refractivity contribution is 0.130. The van der Waals surface area contributed by atoms with Crippen molar-refractivity contribution < 1.29 is 0 Å². The van der Waals surface area contributed by atoms with Crippen molar-refractivity contribution in [2.75, 3.05) is 0 Å². The molecule has 0 bridgehead atoms. The Balaban J connectivity index is 0.000000917. The zero-order chi connectivity index (χ0) is 12.7. The molecule has 0 N–H and O–H groups in total. The molecular formula is C18H38. The van der Waals surface area contributed by atoms with Gasteiger partial charge >= 0.3 is 0 Å². The summed E-state index contributed by atoms with van der Waals surface area (Å²) in [6.45, 7) is 8.94. The van der Waals surface area contributed by atoms with Gasteiger partial charge in [0, 0.05) is 0 Å². The Morgan fingerprint density at radius 1 is 0.667 bits per heavy atom. The van der Waals surface area contributed by atoms with E-state index in [2.05, 4.69) is 13.8 Å². The highest BCUT2D eigenvalue weighted by Crippen LogP contribution is 2.44. The standard InChI is InChI=1S/C15H28.C2H6.CH4/c1-12(2)15(14-10-6-7-11-14)13-8-4-3-5-9-13;1-2;/h12-15H,3-11H2,1-2H3;1-2H3;1H4. The van der Waals surface area contributed by atoms with Gasteiger partial charge in [-0.15, -0.1) is 0 Å². The average molecular weight is 255 g/mol. The van der Waals surface area contributed by atoms with E-state index in [0.29, 0.717) is 0 Å². The fourth-order valence-corrected chi connectivity index (χ4v) is 4.33. The maximum Gasteiger partial charge on any atom is -0.0334 e. The normalized spacial score (nSPS) is 23.2. The van der Waals surface area contributed by atoms with Crippen molar-refractivity contribution >= 4 is 0 Å². The molecule has 2 fully saturated rings. The lowest BCUT2D eigenvalue weighted by Crippen LogP contribution is -2.28. The van der Waals surface area contributed by atoms with Crippen molar-refractivity contribution in [3.05, 3.63) is 0 Å². The molecule has 0 aliphatic heterocycles. The van der Waals surface area contributed by atoms with Crippen molar-refractivity contribution in [2.45, 2.75) is 92.9 Å². The van der Waals surface area contributed by atoms with E-state index >= 15 is 0 Å². The summed E-state index contributed by atoms with van der Waals surface area (Å²) < 4.78 is 0. The fourth-order valence-electron chi connectivity index (χ4n) is 4.33. The van der Waals surface area contributed by atoms with E-state index in [1.807, 2.05) is 13.8 Å². The van der Waals surface area contributed by atoms with Gasteiger partial charge in [0.15, 0.2) is 0 Å². The predicted octanol–water partition coefficient (Wildman–Crippen LogP) is 6.69. The smallest absolute Gasteiger partial charge is 0.0334 e. The van der Waals surface area contributed by atoms with Crippen LogP contribution in [0.15, 0.2) is 0 Å². The third kappa shape index (κ3) is 4.94. The molecule has 1 unspecified atom stereocenters. The van der Waals surface area contributed by atoms with Gasteiger partial charge in [-0.2, -0.15) is 0 Å². The monoisotopic (exact) mass is 254 g/mol. The number of hydrogen-bond acceptors (Lipinski definition) is 0. The Labute approximate surface area is 117 Å². The van der Waals surface area contributed by atoms with E-state index in [0.717, 1.165) is 23.7 Å². The van der Waals surface area contributed by atoms with Crippen LogP contribution < -0.4 is 0 Å². The molecule has 0 heterocycles. The topological polar surface area (TPSA) is 0 Å². The molecule has 110 valence electrons. The van der Waals surface area contributed by atoms with Gasteiger partial charge in [0.05, 0.1) is 0 Å². The Morgan fingerprint density at radius 3 is 1.33 bits per heavy atom. The first-order valence-electron chi connectivity index (χ1n) is 8.29. The minimum absolute atomic E-state index is 0. The van der Waals surface area contributed by atoms with Crippen molar-refractivity contribution in [1.82, 2.24) is 0 Å². The van der Waals surface area contributed by atoms with E-state index < -0.39 is 0 Å². The summed E-state index contributed by atoms with van der Waals surface area (Å²) in [5.41, 5.74) is 0. The molecule has 0 heteroatoms. The van der Waals surface area contributed by atoms with Gasteiger partial charge in [0.1, 0.15) is 0 Å². The van der Waals surface area contributed by atoms with Crippen LogP contribution >= 0.6 is 0 Å². The molecule has 2 rings (SSSR count). The SMILES string of the molecule is C.CC.CC(C)C(C1CCCCC1)C1CCCC1. The Morgan fingerprint density at radius 2 is 1.00 bits per heavy atom. The van der Waals surface area contributed by atoms with E-state index in [-0.39, 0.29) is 7.43 Å². The van der Waals surface area contributed by atoms with Crippen LogP contribution in [0.2, 0.25) is 0 Å². The predicted molar refractivity (Wildman–Crippen MR) is 84.9 cm³/mol. The van der Waals surface area contributed by atoms with Gasteiger partial charge in [-0.1, -0.05) is 92.9 Å². The maximum atomic E-state index is 2.47. The summed E-state index contributed by atoms with van der Waals surface area (Å²) >= 11 is 0. The van der Waals surface area contributed by atoms with Gasteiger partial charge in [-0.05, 0) is 23.7 Å². The summed E-state index contributed by atoms with van der Waals surface area (Å²) in [6.07, 6.45) is 13.7. The van der Waals surface area contributed by atoms with Crippen LogP contribution in [-0.4, -0.2) is 0 Å². The maximum absolute atomic E-state index is 2.47. The summed E-state index contributed by atoms with van der Waals surface area (Å²) in [5.74, 6) is 4.17. The molecule has 0 nitrogen and oxygen atoms in total. The van der Waals surface area contributed by atoms with Crippen LogP contribution in [0.5, 0.6) is 0 Å². The highest BCUT2D eigenvalue weighted by atomic mass is 14.4. The van der Waals surface area contributed by atoms with Crippen LogP contribution in [0.25, 0.3) is 0 Å². The van der Waals surface area contributed by atoms with Crippen LogP contribution in [0.3, 0.4) is 0 Å². The number of rotatable bonds is 3. The van der Waals surface area contributed by atoms with Gasteiger partial charge < -0.3 is 0 Å². The Hall–Kier alpha value is 0. The largest absolute Gasteiger partial charge is 0.0776 e. The first kappa shape index (κ1) is 18.0. The summed E-state index contributed by atoms with van der Waals surface area (Å²) in [6, 6.07) is 0. The van der Waals surface area contributed by atoms with Gasteiger partial charge in [0.25, 0.3) is 0 Å². The molecule has 2 saturated carbocycles. The van der Waals surface area contributed by atoms with Crippen LogP contribution in [0, 0.1) is 23.7 Å². The molecule has 0 spiro atoms. The molecule has 18 heavy (non-hydrogen) atoms. The van der Waals surface area contributed by atoms with E-state index in [4.69, 9.17) is 0 Å². The van der Waals surface area contributed by atoms with Crippen LogP contribution in [-0.2, 0) is 0 Å². The number of hydrogen-bond donors (Lipinski definition) is 0. The second kappa shape index (κ2) is 9.87. The third-order valence-electron chi connectivity index (χ3n) is 4.91. The van der Waals surface area contributed by atoms with Gasteiger partial charge in [0.2, 0.25) is 0 Å². The Bertz CT molecular complexity index is 170. The lowest BCUT2D eigenvalue weighted by Gasteiger charge is -2.37. The minimum Gasteiger partial charge on any atom is -0.0776 e. The summed E-state index contributed by atoms with van der Waals surface area (Å²) in [4.78, 5) is 0. The quantitative estimate of drug-likeness (QED) is 0.526. The average Bonchev–Trinajstić information content (AvgIpc) is 2.86. The molecule has 0 aromatic heterocycles. The molecule has 2 aliphatic carbocycles. The van der Waals surface area contributed by atoms with Gasteiger partial charge in [-0.3, -0.25) is 0 Å². The molecule has 0 aromatic carbocycles.